The summed E-state index contributed by atoms with van der Waals surface area (Å²) in [5.41, 5.74) is 5.89. The summed E-state index contributed by atoms with van der Waals surface area (Å²) in [4.78, 5) is 0. The van der Waals surface area contributed by atoms with Crippen LogP contribution in [0.25, 0.3) is 11.1 Å². The number of ether oxygens (including phenoxy) is 3. The molecule has 5 nitrogen and oxygen atoms in total. The molecule has 2 aromatic carbocycles. The molecule has 0 unspecified atom stereocenters. The molecule has 2 heterocycles. The van der Waals surface area contributed by atoms with Crippen LogP contribution in [-0.2, 0) is 12.8 Å². The fourth-order valence-corrected chi connectivity index (χ4v) is 4.04. The van der Waals surface area contributed by atoms with Gasteiger partial charge in [0.1, 0.15) is 0 Å². The molecule has 3 aliphatic rings. The Morgan fingerprint density at radius 1 is 1.22 bits per heavy atom. The number of aromatic hydroxyl groups is 1. The lowest BCUT2D eigenvalue weighted by molar-refractivity contribution is 0.174. The maximum atomic E-state index is 10.1. The molecule has 0 spiro atoms. The summed E-state index contributed by atoms with van der Waals surface area (Å²) in [6.45, 7) is 1.21. The Balaban J connectivity index is 1.85. The molecular formula is C18H17NO4. The van der Waals surface area contributed by atoms with E-state index in [9.17, 15) is 5.11 Å². The minimum atomic E-state index is 0.176. The average Bonchev–Trinajstić information content (AvgIpc) is 3.02. The van der Waals surface area contributed by atoms with Gasteiger partial charge < -0.3 is 24.6 Å². The van der Waals surface area contributed by atoms with Crippen molar-refractivity contribution in [1.29, 1.82) is 0 Å². The quantitative estimate of drug-likeness (QED) is 0.847. The zero-order chi connectivity index (χ0) is 15.6. The molecular weight excluding hydrogens is 294 g/mol. The molecule has 118 valence electrons. The summed E-state index contributed by atoms with van der Waals surface area (Å²) in [6.07, 6.45) is 1.84. The fourth-order valence-electron chi connectivity index (χ4n) is 4.04. The lowest BCUT2D eigenvalue weighted by Crippen LogP contribution is -2.33. The van der Waals surface area contributed by atoms with Gasteiger partial charge in [-0.05, 0) is 59.8 Å². The number of fused-ring (bicyclic) bond motifs is 4. The first-order valence-electron chi connectivity index (χ1n) is 7.85. The maximum absolute atomic E-state index is 10.1. The predicted octanol–water partition coefficient (Wildman–Crippen LogP) is 2.54. The molecule has 0 aromatic heterocycles. The van der Waals surface area contributed by atoms with Crippen LogP contribution in [0, 0.1) is 0 Å². The highest BCUT2D eigenvalue weighted by Crippen LogP contribution is 2.53. The summed E-state index contributed by atoms with van der Waals surface area (Å²) in [7, 11) is 1.57. The number of benzene rings is 2. The fraction of sp³-hybridized carbons (Fsp3) is 0.333. The van der Waals surface area contributed by atoms with E-state index in [0.29, 0.717) is 5.75 Å². The van der Waals surface area contributed by atoms with Crippen LogP contribution in [0.2, 0.25) is 0 Å². The highest BCUT2D eigenvalue weighted by atomic mass is 16.7. The van der Waals surface area contributed by atoms with E-state index in [1.807, 2.05) is 12.1 Å². The second-order valence-corrected chi connectivity index (χ2v) is 6.20. The van der Waals surface area contributed by atoms with Gasteiger partial charge >= 0.3 is 0 Å². The van der Waals surface area contributed by atoms with E-state index in [4.69, 9.17) is 14.2 Å². The van der Waals surface area contributed by atoms with E-state index in [0.717, 1.165) is 47.6 Å². The highest BCUT2D eigenvalue weighted by molar-refractivity contribution is 5.85. The first-order chi connectivity index (χ1) is 11.3. The molecule has 1 atom stereocenters. The van der Waals surface area contributed by atoms with Crippen molar-refractivity contribution in [3.63, 3.8) is 0 Å². The van der Waals surface area contributed by atoms with E-state index in [2.05, 4.69) is 11.4 Å². The van der Waals surface area contributed by atoms with Crippen LogP contribution in [0.15, 0.2) is 18.2 Å². The Bertz CT molecular complexity index is 831. The number of hydrogen-bond acceptors (Lipinski definition) is 5. The second-order valence-electron chi connectivity index (χ2n) is 6.20. The number of hydrogen-bond donors (Lipinski definition) is 2. The third kappa shape index (κ3) is 1.71. The van der Waals surface area contributed by atoms with Crippen LogP contribution >= 0.6 is 0 Å². The molecule has 5 heteroatoms. The minimum Gasteiger partial charge on any atom is -0.504 e. The summed E-state index contributed by atoms with van der Waals surface area (Å²) >= 11 is 0. The molecule has 2 N–H and O–H groups in total. The SMILES string of the molecule is COc1cc2c(cc1O)C[C@H]1NCCc3cc4c(c-2c31)OCO4. The highest BCUT2D eigenvalue weighted by Gasteiger charge is 2.35. The van der Waals surface area contributed by atoms with Crippen LogP contribution in [0.4, 0.5) is 0 Å². The second kappa shape index (κ2) is 4.55. The van der Waals surface area contributed by atoms with Gasteiger partial charge in [-0.25, -0.2) is 0 Å². The predicted molar refractivity (Wildman–Crippen MR) is 84.4 cm³/mol. The molecule has 23 heavy (non-hydrogen) atoms. The Labute approximate surface area is 133 Å². The van der Waals surface area contributed by atoms with E-state index in [1.54, 1.807) is 7.11 Å². The minimum absolute atomic E-state index is 0.176. The summed E-state index contributed by atoms with van der Waals surface area (Å²) in [5.74, 6) is 2.29. The standard InChI is InChI=1S/C18H17NO4/c1-21-14-7-11-10(5-13(14)20)4-12-16-9(2-3-19-12)6-15-18(17(11)16)23-8-22-15/h5-7,12,19-20H,2-4,8H2,1H3/t12-/m1/s1. The number of nitrogens with one attached hydrogen (secondary N) is 1. The molecule has 0 saturated carbocycles. The van der Waals surface area contributed by atoms with Crippen LogP contribution in [-0.4, -0.2) is 25.6 Å². The molecule has 0 radical (unpaired) electrons. The summed E-state index contributed by atoms with van der Waals surface area (Å²) in [6, 6.07) is 6.09. The first-order valence-corrected chi connectivity index (χ1v) is 7.85. The Morgan fingerprint density at radius 2 is 2.13 bits per heavy atom. The molecule has 1 aliphatic carbocycles. The third-order valence-corrected chi connectivity index (χ3v) is 5.02. The van der Waals surface area contributed by atoms with Crippen LogP contribution in [0.1, 0.15) is 22.7 Å². The molecule has 2 aliphatic heterocycles. The lowest BCUT2D eigenvalue weighted by atomic mass is 9.77. The van der Waals surface area contributed by atoms with Crippen molar-refractivity contribution in [1.82, 2.24) is 5.32 Å². The van der Waals surface area contributed by atoms with Crippen LogP contribution in [0.3, 0.4) is 0 Å². The zero-order valence-corrected chi connectivity index (χ0v) is 12.8. The molecule has 0 bridgehead atoms. The van der Waals surface area contributed by atoms with Gasteiger partial charge in [0.25, 0.3) is 0 Å². The van der Waals surface area contributed by atoms with E-state index < -0.39 is 0 Å². The van der Waals surface area contributed by atoms with Crippen molar-refractivity contribution in [2.75, 3.05) is 20.4 Å². The van der Waals surface area contributed by atoms with Crippen molar-refractivity contribution in [3.05, 3.63) is 34.9 Å². The van der Waals surface area contributed by atoms with Gasteiger partial charge in [-0.3, -0.25) is 0 Å². The Hall–Kier alpha value is -2.40. The summed E-state index contributed by atoms with van der Waals surface area (Å²) in [5, 5.41) is 13.7. The molecule has 0 amide bonds. The molecule has 0 fully saturated rings. The Kier molecular flexibility index (Phi) is 2.59. The molecule has 0 saturated heterocycles. The number of phenolic OH excluding ortho intramolecular Hbond substituents is 1. The van der Waals surface area contributed by atoms with Gasteiger partial charge in [0.2, 0.25) is 6.79 Å². The zero-order valence-electron chi connectivity index (χ0n) is 12.8. The number of methoxy groups -OCH3 is 1. The smallest absolute Gasteiger partial charge is 0.231 e. The van der Waals surface area contributed by atoms with Crippen molar-refractivity contribution in [2.24, 2.45) is 0 Å². The Morgan fingerprint density at radius 3 is 3.00 bits per heavy atom. The summed E-state index contributed by atoms with van der Waals surface area (Å²) < 4.78 is 16.7. The van der Waals surface area contributed by atoms with Gasteiger partial charge in [-0.2, -0.15) is 0 Å². The van der Waals surface area contributed by atoms with Crippen molar-refractivity contribution in [3.8, 4) is 34.1 Å². The molecule has 5 rings (SSSR count). The average molecular weight is 311 g/mol. The van der Waals surface area contributed by atoms with Gasteiger partial charge in [0.15, 0.2) is 23.0 Å². The maximum Gasteiger partial charge on any atom is 0.231 e. The largest absolute Gasteiger partial charge is 0.504 e. The van der Waals surface area contributed by atoms with Crippen LogP contribution < -0.4 is 19.5 Å². The van der Waals surface area contributed by atoms with E-state index in [-0.39, 0.29) is 18.6 Å². The lowest BCUT2D eigenvalue weighted by Gasteiger charge is -2.35. The third-order valence-electron chi connectivity index (χ3n) is 5.02. The number of rotatable bonds is 1. The topological polar surface area (TPSA) is 60.0 Å². The van der Waals surface area contributed by atoms with Crippen molar-refractivity contribution in [2.45, 2.75) is 18.9 Å². The van der Waals surface area contributed by atoms with Crippen LogP contribution in [0.5, 0.6) is 23.0 Å². The first kappa shape index (κ1) is 13.1. The van der Waals surface area contributed by atoms with Gasteiger partial charge in [-0.15, -0.1) is 0 Å². The normalized spacial score (nSPS) is 20.0. The van der Waals surface area contributed by atoms with Crippen molar-refractivity contribution >= 4 is 0 Å². The van der Waals surface area contributed by atoms with Gasteiger partial charge in [-0.1, -0.05) is 0 Å². The monoisotopic (exact) mass is 311 g/mol. The van der Waals surface area contributed by atoms with Crippen molar-refractivity contribution < 1.29 is 19.3 Å². The molecule has 2 aromatic rings. The van der Waals surface area contributed by atoms with Gasteiger partial charge in [0, 0.05) is 11.6 Å². The van der Waals surface area contributed by atoms with E-state index >= 15 is 0 Å². The van der Waals surface area contributed by atoms with Gasteiger partial charge in [0.05, 0.1) is 7.11 Å². The van der Waals surface area contributed by atoms with E-state index in [1.165, 1.54) is 11.1 Å². The number of phenols is 1.